The second-order valence-electron chi connectivity index (χ2n) is 5.59. The third kappa shape index (κ3) is 4.00. The van der Waals surface area contributed by atoms with Gasteiger partial charge < -0.3 is 15.3 Å². The monoisotopic (exact) mass is 248 g/mol. The lowest BCUT2D eigenvalue weighted by Gasteiger charge is -2.27. The van der Waals surface area contributed by atoms with E-state index in [4.69, 9.17) is 0 Å². The maximum Gasteiger partial charge on any atom is 0.0541 e. The van der Waals surface area contributed by atoms with Crippen molar-refractivity contribution in [2.24, 2.45) is 0 Å². The predicted octanol–water partition coefficient (Wildman–Crippen LogP) is 2.46. The lowest BCUT2D eigenvalue weighted by Crippen LogP contribution is -2.28. The van der Waals surface area contributed by atoms with E-state index in [1.807, 2.05) is 0 Å². The molecule has 1 aliphatic carbocycles. The fourth-order valence-electron chi connectivity index (χ4n) is 2.58. The number of hydrogen-bond acceptors (Lipinski definition) is 3. The molecule has 3 nitrogen and oxygen atoms in total. The van der Waals surface area contributed by atoms with Crippen molar-refractivity contribution >= 4 is 5.69 Å². The van der Waals surface area contributed by atoms with Crippen LogP contribution in [-0.2, 0) is 6.54 Å². The normalized spacial score (nSPS) is 24.2. The molecule has 0 heterocycles. The number of hydrogen-bond donors (Lipinski definition) is 2. The molecule has 1 aromatic carbocycles. The summed E-state index contributed by atoms with van der Waals surface area (Å²) in [4.78, 5) is 2.18. The van der Waals surface area contributed by atoms with Gasteiger partial charge in [0.25, 0.3) is 0 Å². The van der Waals surface area contributed by atoms with E-state index in [1.165, 1.54) is 11.3 Å². The van der Waals surface area contributed by atoms with Crippen LogP contribution in [0.4, 0.5) is 5.69 Å². The first kappa shape index (κ1) is 13.4. The molecule has 0 bridgehead atoms. The molecule has 0 spiro atoms. The number of anilines is 1. The summed E-state index contributed by atoms with van der Waals surface area (Å²) >= 11 is 0. The third-order valence-corrected chi connectivity index (χ3v) is 3.49. The highest BCUT2D eigenvalue weighted by molar-refractivity contribution is 5.46. The van der Waals surface area contributed by atoms with Crippen LogP contribution < -0.4 is 5.32 Å². The third-order valence-electron chi connectivity index (χ3n) is 3.49. The number of nitrogens with zero attached hydrogens (tertiary/aromatic N) is 1. The predicted molar refractivity (Wildman–Crippen MR) is 75.7 cm³/mol. The van der Waals surface area contributed by atoms with Crippen LogP contribution >= 0.6 is 0 Å². The molecule has 0 aliphatic heterocycles. The SMILES string of the molecule is CN(C)Cc1cccc(NC2CCC(O)CC2)c1. The average Bonchev–Trinajstić information content (AvgIpc) is 2.32. The summed E-state index contributed by atoms with van der Waals surface area (Å²) in [5, 5.41) is 13.1. The minimum Gasteiger partial charge on any atom is -0.393 e. The van der Waals surface area contributed by atoms with Crippen LogP contribution in [0.25, 0.3) is 0 Å². The highest BCUT2D eigenvalue weighted by Crippen LogP contribution is 2.22. The minimum absolute atomic E-state index is 0.0804. The maximum atomic E-state index is 9.50. The van der Waals surface area contributed by atoms with Crippen LogP contribution in [0, 0.1) is 0 Å². The van der Waals surface area contributed by atoms with Gasteiger partial charge in [-0.15, -0.1) is 0 Å². The van der Waals surface area contributed by atoms with Gasteiger partial charge in [-0.25, -0.2) is 0 Å². The first-order chi connectivity index (χ1) is 8.63. The van der Waals surface area contributed by atoms with Crippen molar-refractivity contribution in [1.82, 2.24) is 4.90 Å². The quantitative estimate of drug-likeness (QED) is 0.859. The standard InChI is InChI=1S/C15H24N2O/c1-17(2)11-12-4-3-5-14(10-12)16-13-6-8-15(18)9-7-13/h3-5,10,13,15-16,18H,6-9,11H2,1-2H3. The molecule has 18 heavy (non-hydrogen) atoms. The number of rotatable bonds is 4. The molecule has 0 aromatic heterocycles. The Kier molecular flexibility index (Phi) is 4.61. The first-order valence-electron chi connectivity index (χ1n) is 6.82. The fraction of sp³-hybridized carbons (Fsp3) is 0.600. The van der Waals surface area contributed by atoms with Crippen LogP contribution in [0.1, 0.15) is 31.2 Å². The lowest BCUT2D eigenvalue weighted by molar-refractivity contribution is 0.126. The second kappa shape index (κ2) is 6.21. The summed E-state index contributed by atoms with van der Waals surface area (Å²) in [7, 11) is 4.17. The molecule has 0 saturated heterocycles. The van der Waals surface area contributed by atoms with E-state index in [0.717, 1.165) is 32.2 Å². The van der Waals surface area contributed by atoms with Crippen LogP contribution in [0.2, 0.25) is 0 Å². The number of benzene rings is 1. The molecule has 0 unspecified atom stereocenters. The molecule has 100 valence electrons. The van der Waals surface area contributed by atoms with Crippen molar-refractivity contribution in [2.45, 2.75) is 44.4 Å². The Morgan fingerprint density at radius 1 is 1.22 bits per heavy atom. The number of nitrogens with one attached hydrogen (secondary N) is 1. The highest BCUT2D eigenvalue weighted by atomic mass is 16.3. The molecule has 0 radical (unpaired) electrons. The lowest BCUT2D eigenvalue weighted by atomic mass is 9.93. The van der Waals surface area contributed by atoms with Gasteiger partial charge in [0.05, 0.1) is 6.10 Å². The summed E-state index contributed by atoms with van der Waals surface area (Å²) in [5.41, 5.74) is 2.54. The van der Waals surface area contributed by atoms with Crippen molar-refractivity contribution in [3.05, 3.63) is 29.8 Å². The van der Waals surface area contributed by atoms with E-state index in [-0.39, 0.29) is 6.10 Å². The zero-order chi connectivity index (χ0) is 13.0. The molecule has 0 atom stereocenters. The molecular formula is C15H24N2O. The van der Waals surface area contributed by atoms with E-state index in [2.05, 4.69) is 48.6 Å². The van der Waals surface area contributed by atoms with Gasteiger partial charge in [0.1, 0.15) is 0 Å². The Morgan fingerprint density at radius 2 is 1.94 bits per heavy atom. The van der Waals surface area contributed by atoms with Crippen molar-refractivity contribution in [2.75, 3.05) is 19.4 Å². The van der Waals surface area contributed by atoms with Crippen LogP contribution in [-0.4, -0.2) is 36.2 Å². The Morgan fingerprint density at radius 3 is 2.61 bits per heavy atom. The Bertz CT molecular complexity index is 371. The molecular weight excluding hydrogens is 224 g/mol. The Labute approximate surface area is 110 Å². The summed E-state index contributed by atoms with van der Waals surface area (Å²) in [6.45, 7) is 0.971. The topological polar surface area (TPSA) is 35.5 Å². The van der Waals surface area contributed by atoms with Gasteiger partial charge in [0.15, 0.2) is 0 Å². The number of aliphatic hydroxyl groups is 1. The average molecular weight is 248 g/mol. The van der Waals surface area contributed by atoms with Crippen molar-refractivity contribution in [3.8, 4) is 0 Å². The van der Waals surface area contributed by atoms with Crippen LogP contribution in [0.3, 0.4) is 0 Å². The fourth-order valence-corrected chi connectivity index (χ4v) is 2.58. The zero-order valence-corrected chi connectivity index (χ0v) is 11.4. The van der Waals surface area contributed by atoms with E-state index >= 15 is 0 Å². The number of aliphatic hydroxyl groups excluding tert-OH is 1. The van der Waals surface area contributed by atoms with Gasteiger partial charge in [0.2, 0.25) is 0 Å². The zero-order valence-electron chi connectivity index (χ0n) is 11.4. The van der Waals surface area contributed by atoms with Gasteiger partial charge in [-0.1, -0.05) is 12.1 Å². The molecule has 1 fully saturated rings. The molecule has 0 amide bonds. The van der Waals surface area contributed by atoms with E-state index in [9.17, 15) is 5.11 Å². The summed E-state index contributed by atoms with van der Waals surface area (Å²) in [6.07, 6.45) is 3.91. The first-order valence-corrected chi connectivity index (χ1v) is 6.82. The maximum absolute atomic E-state index is 9.50. The van der Waals surface area contributed by atoms with Gasteiger partial charge in [-0.2, -0.15) is 0 Å². The molecule has 1 saturated carbocycles. The van der Waals surface area contributed by atoms with Crippen LogP contribution in [0.15, 0.2) is 24.3 Å². The van der Waals surface area contributed by atoms with Gasteiger partial charge in [0, 0.05) is 18.3 Å². The van der Waals surface area contributed by atoms with Crippen molar-refractivity contribution < 1.29 is 5.11 Å². The van der Waals surface area contributed by atoms with Gasteiger partial charge in [-0.3, -0.25) is 0 Å². The van der Waals surface area contributed by atoms with Gasteiger partial charge >= 0.3 is 0 Å². The van der Waals surface area contributed by atoms with Crippen LogP contribution in [0.5, 0.6) is 0 Å². The smallest absolute Gasteiger partial charge is 0.0541 e. The summed E-state index contributed by atoms with van der Waals surface area (Å²) < 4.78 is 0. The van der Waals surface area contributed by atoms with Crippen molar-refractivity contribution in [1.29, 1.82) is 0 Å². The summed E-state index contributed by atoms with van der Waals surface area (Å²) in [6, 6.07) is 9.15. The van der Waals surface area contributed by atoms with E-state index in [1.54, 1.807) is 0 Å². The second-order valence-corrected chi connectivity index (χ2v) is 5.59. The van der Waals surface area contributed by atoms with E-state index < -0.39 is 0 Å². The summed E-state index contributed by atoms with van der Waals surface area (Å²) in [5.74, 6) is 0. The molecule has 3 heteroatoms. The highest BCUT2D eigenvalue weighted by Gasteiger charge is 2.18. The molecule has 1 aliphatic rings. The minimum atomic E-state index is -0.0804. The van der Waals surface area contributed by atoms with Crippen molar-refractivity contribution in [3.63, 3.8) is 0 Å². The van der Waals surface area contributed by atoms with Gasteiger partial charge in [-0.05, 0) is 57.5 Å². The largest absolute Gasteiger partial charge is 0.393 e. The Balaban J connectivity index is 1.92. The Hall–Kier alpha value is -1.06. The van der Waals surface area contributed by atoms with E-state index in [0.29, 0.717) is 6.04 Å². The molecule has 1 aromatic rings. The molecule has 2 N–H and O–H groups in total. The molecule has 2 rings (SSSR count).